The highest BCUT2D eigenvalue weighted by molar-refractivity contribution is 5.68. The van der Waals surface area contributed by atoms with E-state index < -0.39 is 11.9 Å². The molecule has 0 radical (unpaired) electrons. The smallest absolute Gasteiger partial charge is 0.329 e. The maximum absolute atomic E-state index is 10.2. The van der Waals surface area contributed by atoms with E-state index in [-0.39, 0.29) is 13.2 Å². The highest BCUT2D eigenvalue weighted by Crippen LogP contribution is 2.09. The fraction of sp³-hybridized carbons (Fsp3) is 0.440. The van der Waals surface area contributed by atoms with Gasteiger partial charge in [0.05, 0.1) is 0 Å². The number of hydrogen-bond donors (Lipinski definition) is 2. The molecule has 6 heteroatoms. The third-order valence-electron chi connectivity index (χ3n) is 4.54. The van der Waals surface area contributed by atoms with E-state index in [1.807, 2.05) is 30.3 Å². The topological polar surface area (TPSA) is 93.1 Å². The second-order valence-electron chi connectivity index (χ2n) is 7.22. The molecular weight excluding hydrogens is 396 g/mol. The highest BCUT2D eigenvalue weighted by Gasteiger charge is 1.99. The van der Waals surface area contributed by atoms with Crippen LogP contribution in [0.2, 0.25) is 0 Å². The van der Waals surface area contributed by atoms with Gasteiger partial charge >= 0.3 is 11.9 Å². The molecule has 0 heterocycles. The van der Waals surface area contributed by atoms with Crippen LogP contribution in [0.25, 0.3) is 0 Å². The van der Waals surface area contributed by atoms with Crippen molar-refractivity contribution in [2.45, 2.75) is 45.4 Å². The first-order chi connectivity index (χ1) is 15.0. The standard InChI is InChI=1S/C13H18O3.C12H16O3/c14-13(15)11-16-10-6-2-5-9-12-7-3-1-4-8-12;1-10-5-2-3-6-11(10)7-4-8-15-9-12(13)14/h1,3-4,7-8H,2,5-6,9-11H2,(H,14,15);2-3,5-6H,4,7-9H2,1H3,(H,13,14). The maximum Gasteiger partial charge on any atom is 0.329 e. The van der Waals surface area contributed by atoms with Gasteiger partial charge in [-0.1, -0.05) is 61.0 Å². The zero-order valence-electron chi connectivity index (χ0n) is 18.3. The molecule has 0 saturated carbocycles. The number of carboxylic acids is 2. The minimum atomic E-state index is -0.911. The van der Waals surface area contributed by atoms with Crippen LogP contribution in [0, 0.1) is 6.92 Å². The Morgan fingerprint density at radius 3 is 1.90 bits per heavy atom. The molecule has 0 aliphatic heterocycles. The first kappa shape index (κ1) is 26.3. The summed E-state index contributed by atoms with van der Waals surface area (Å²) in [4.78, 5) is 20.3. The van der Waals surface area contributed by atoms with Gasteiger partial charge in [0.25, 0.3) is 0 Å². The van der Waals surface area contributed by atoms with Crippen molar-refractivity contribution in [3.63, 3.8) is 0 Å². The second kappa shape index (κ2) is 17.0. The van der Waals surface area contributed by atoms with Crippen LogP contribution in [0.4, 0.5) is 0 Å². The van der Waals surface area contributed by atoms with Crippen molar-refractivity contribution in [3.05, 3.63) is 71.3 Å². The molecule has 0 bridgehead atoms. The van der Waals surface area contributed by atoms with Gasteiger partial charge in [0.1, 0.15) is 13.2 Å². The maximum atomic E-state index is 10.2. The van der Waals surface area contributed by atoms with Crippen molar-refractivity contribution in [2.75, 3.05) is 26.4 Å². The van der Waals surface area contributed by atoms with Gasteiger partial charge in [-0.05, 0) is 55.7 Å². The van der Waals surface area contributed by atoms with Gasteiger partial charge in [-0.2, -0.15) is 0 Å². The Hall–Kier alpha value is -2.70. The van der Waals surface area contributed by atoms with Gasteiger partial charge in [0.2, 0.25) is 0 Å². The predicted molar refractivity (Wildman–Crippen MR) is 120 cm³/mol. The molecule has 0 spiro atoms. The van der Waals surface area contributed by atoms with Gasteiger partial charge in [0, 0.05) is 13.2 Å². The quantitative estimate of drug-likeness (QED) is 0.428. The number of aliphatic carboxylic acids is 2. The van der Waals surface area contributed by atoms with Gasteiger partial charge in [-0.15, -0.1) is 0 Å². The third-order valence-corrected chi connectivity index (χ3v) is 4.54. The first-order valence-electron chi connectivity index (χ1n) is 10.7. The molecule has 6 nitrogen and oxygen atoms in total. The molecular formula is C25H34O6. The minimum Gasteiger partial charge on any atom is -0.480 e. The van der Waals surface area contributed by atoms with Crippen LogP contribution in [-0.4, -0.2) is 48.6 Å². The van der Waals surface area contributed by atoms with E-state index in [2.05, 4.69) is 31.2 Å². The summed E-state index contributed by atoms with van der Waals surface area (Å²) in [6, 6.07) is 18.6. The van der Waals surface area contributed by atoms with Gasteiger partial charge in [-0.3, -0.25) is 0 Å². The highest BCUT2D eigenvalue weighted by atomic mass is 16.5. The molecule has 0 aliphatic rings. The molecule has 0 saturated heterocycles. The summed E-state index contributed by atoms with van der Waals surface area (Å²) in [5, 5.41) is 16.7. The number of benzene rings is 2. The fourth-order valence-corrected chi connectivity index (χ4v) is 2.93. The molecule has 0 unspecified atom stereocenters. The van der Waals surface area contributed by atoms with E-state index in [4.69, 9.17) is 19.7 Å². The van der Waals surface area contributed by atoms with Crippen molar-refractivity contribution >= 4 is 11.9 Å². The summed E-state index contributed by atoms with van der Waals surface area (Å²) < 4.78 is 9.90. The van der Waals surface area contributed by atoms with Crippen molar-refractivity contribution in [1.29, 1.82) is 0 Å². The molecule has 0 amide bonds. The SMILES string of the molecule is Cc1ccccc1CCCOCC(=O)O.O=C(O)COCCCCCc1ccccc1. The summed E-state index contributed by atoms with van der Waals surface area (Å²) in [5.41, 5.74) is 3.93. The van der Waals surface area contributed by atoms with Crippen LogP contribution in [0.5, 0.6) is 0 Å². The number of aryl methyl sites for hydroxylation is 3. The Kier molecular flexibility index (Phi) is 14.5. The minimum absolute atomic E-state index is 0.182. The number of rotatable bonds is 14. The lowest BCUT2D eigenvalue weighted by atomic mass is 10.0. The first-order valence-corrected chi connectivity index (χ1v) is 10.7. The largest absolute Gasteiger partial charge is 0.480 e. The van der Waals surface area contributed by atoms with E-state index in [0.29, 0.717) is 13.2 Å². The lowest BCUT2D eigenvalue weighted by Crippen LogP contribution is -2.08. The number of carboxylic acid groups (broad SMARTS) is 2. The fourth-order valence-electron chi connectivity index (χ4n) is 2.93. The van der Waals surface area contributed by atoms with Gasteiger partial charge in [-0.25, -0.2) is 9.59 Å². The zero-order chi connectivity index (χ0) is 22.7. The van der Waals surface area contributed by atoms with E-state index in [1.54, 1.807) is 0 Å². The Bertz CT molecular complexity index is 745. The molecule has 2 N–H and O–H groups in total. The molecule has 170 valence electrons. The predicted octanol–water partition coefficient (Wildman–Crippen LogP) is 4.53. The van der Waals surface area contributed by atoms with Crippen molar-refractivity contribution in [3.8, 4) is 0 Å². The Balaban J connectivity index is 0.000000311. The molecule has 2 aromatic rings. The molecule has 0 aromatic heterocycles. The van der Waals surface area contributed by atoms with Crippen LogP contribution < -0.4 is 0 Å². The average Bonchev–Trinajstić information content (AvgIpc) is 2.75. The summed E-state index contributed by atoms with van der Waals surface area (Å²) in [5.74, 6) is -1.81. The Labute approximate surface area is 184 Å². The Morgan fingerprint density at radius 1 is 0.710 bits per heavy atom. The van der Waals surface area contributed by atoms with Crippen LogP contribution in [-0.2, 0) is 31.9 Å². The number of carbonyl (C=O) groups is 2. The van der Waals surface area contributed by atoms with E-state index >= 15 is 0 Å². The number of unbranched alkanes of at least 4 members (excludes halogenated alkanes) is 2. The van der Waals surface area contributed by atoms with Crippen LogP contribution in [0.15, 0.2) is 54.6 Å². The average molecular weight is 431 g/mol. The molecule has 0 atom stereocenters. The van der Waals surface area contributed by atoms with E-state index in [1.165, 1.54) is 16.7 Å². The normalized spacial score (nSPS) is 10.2. The molecule has 31 heavy (non-hydrogen) atoms. The zero-order valence-corrected chi connectivity index (χ0v) is 18.3. The lowest BCUT2D eigenvalue weighted by molar-refractivity contribution is -0.143. The molecule has 2 rings (SSSR count). The second-order valence-corrected chi connectivity index (χ2v) is 7.22. The van der Waals surface area contributed by atoms with Crippen LogP contribution in [0.1, 0.15) is 42.4 Å². The Morgan fingerprint density at radius 2 is 1.29 bits per heavy atom. The van der Waals surface area contributed by atoms with Crippen molar-refractivity contribution < 1.29 is 29.3 Å². The number of ether oxygens (including phenoxy) is 2. The summed E-state index contributed by atoms with van der Waals surface area (Å²) in [6.07, 6.45) is 6.01. The van der Waals surface area contributed by atoms with Crippen LogP contribution in [0.3, 0.4) is 0 Å². The third kappa shape index (κ3) is 14.9. The summed E-state index contributed by atoms with van der Waals surface area (Å²) >= 11 is 0. The van der Waals surface area contributed by atoms with Crippen molar-refractivity contribution in [2.24, 2.45) is 0 Å². The molecule has 0 fully saturated rings. The monoisotopic (exact) mass is 430 g/mol. The summed E-state index contributed by atoms with van der Waals surface area (Å²) in [6.45, 7) is 2.74. The summed E-state index contributed by atoms with van der Waals surface area (Å²) in [7, 11) is 0. The molecule has 0 aliphatic carbocycles. The van der Waals surface area contributed by atoms with E-state index in [9.17, 15) is 9.59 Å². The van der Waals surface area contributed by atoms with Crippen molar-refractivity contribution in [1.82, 2.24) is 0 Å². The molecule has 2 aromatic carbocycles. The van der Waals surface area contributed by atoms with E-state index in [0.717, 1.165) is 38.5 Å². The van der Waals surface area contributed by atoms with Gasteiger partial charge in [0.15, 0.2) is 0 Å². The van der Waals surface area contributed by atoms with Crippen LogP contribution >= 0.6 is 0 Å². The van der Waals surface area contributed by atoms with Gasteiger partial charge < -0.3 is 19.7 Å². The number of hydrogen-bond acceptors (Lipinski definition) is 4. The lowest BCUT2D eigenvalue weighted by Gasteiger charge is -2.05.